The van der Waals surface area contributed by atoms with Gasteiger partial charge < -0.3 is 14.2 Å². The summed E-state index contributed by atoms with van der Waals surface area (Å²) < 4.78 is 17.0. The fourth-order valence-corrected chi connectivity index (χ4v) is 3.92. The lowest BCUT2D eigenvalue weighted by molar-refractivity contribution is 0.240. The van der Waals surface area contributed by atoms with Crippen molar-refractivity contribution >= 4 is 0 Å². The van der Waals surface area contributed by atoms with E-state index in [0.29, 0.717) is 5.88 Å². The van der Waals surface area contributed by atoms with E-state index in [1.807, 2.05) is 30.3 Å². The molecule has 5 heteroatoms. The average Bonchev–Trinajstić information content (AvgIpc) is 2.78. The summed E-state index contributed by atoms with van der Waals surface area (Å²) in [5, 5.41) is 0. The van der Waals surface area contributed by atoms with Gasteiger partial charge >= 0.3 is 0 Å². The van der Waals surface area contributed by atoms with Gasteiger partial charge in [0.25, 0.3) is 0 Å². The Labute approximate surface area is 178 Å². The van der Waals surface area contributed by atoms with Crippen molar-refractivity contribution in [3.05, 3.63) is 77.0 Å². The zero-order valence-corrected chi connectivity index (χ0v) is 17.9. The van der Waals surface area contributed by atoms with Crippen LogP contribution in [0.1, 0.15) is 29.3 Å². The minimum atomic E-state index is 0.636. The molecule has 2 aromatic carbocycles. The zero-order chi connectivity index (χ0) is 20.9. The standard InChI is InChI=1S/C25H28N2O3/c1-4-18-8-5-6-10-22(18)30-25-11-7-9-21(26-25)17-27-13-12-19-14-23(28-2)24(29-3)15-20(19)16-27/h5-11,14-15H,4,12-13,16-17H2,1-3H3. The molecule has 0 bridgehead atoms. The number of aryl methyl sites for hydroxylation is 1. The number of benzene rings is 2. The first-order chi connectivity index (χ1) is 14.7. The largest absolute Gasteiger partial charge is 0.493 e. The monoisotopic (exact) mass is 404 g/mol. The average molecular weight is 405 g/mol. The summed E-state index contributed by atoms with van der Waals surface area (Å²) in [6.07, 6.45) is 1.91. The molecule has 156 valence electrons. The van der Waals surface area contributed by atoms with E-state index in [9.17, 15) is 0 Å². The quantitative estimate of drug-likeness (QED) is 0.554. The van der Waals surface area contributed by atoms with E-state index in [-0.39, 0.29) is 0 Å². The molecular formula is C25H28N2O3. The second kappa shape index (κ2) is 9.18. The van der Waals surface area contributed by atoms with Crippen LogP contribution in [-0.4, -0.2) is 30.6 Å². The first-order valence-corrected chi connectivity index (χ1v) is 10.4. The minimum Gasteiger partial charge on any atom is -0.493 e. The van der Waals surface area contributed by atoms with Crippen molar-refractivity contribution in [3.8, 4) is 23.1 Å². The van der Waals surface area contributed by atoms with Crippen molar-refractivity contribution in [2.24, 2.45) is 0 Å². The van der Waals surface area contributed by atoms with Gasteiger partial charge in [-0.2, -0.15) is 0 Å². The van der Waals surface area contributed by atoms with Gasteiger partial charge in [0.1, 0.15) is 5.75 Å². The van der Waals surface area contributed by atoms with Gasteiger partial charge in [0.2, 0.25) is 5.88 Å². The molecule has 0 atom stereocenters. The number of pyridine rings is 1. The maximum Gasteiger partial charge on any atom is 0.219 e. The van der Waals surface area contributed by atoms with E-state index in [0.717, 1.165) is 55.4 Å². The summed E-state index contributed by atoms with van der Waals surface area (Å²) in [5.74, 6) is 3.08. The Balaban J connectivity index is 1.47. The topological polar surface area (TPSA) is 43.8 Å². The van der Waals surface area contributed by atoms with Gasteiger partial charge in [0.05, 0.1) is 19.9 Å². The molecule has 0 radical (unpaired) electrons. The summed E-state index contributed by atoms with van der Waals surface area (Å²) in [6.45, 7) is 4.75. The summed E-state index contributed by atoms with van der Waals surface area (Å²) in [7, 11) is 3.36. The molecule has 0 saturated heterocycles. The molecule has 2 heterocycles. The number of rotatable bonds is 7. The molecule has 4 rings (SSSR count). The van der Waals surface area contributed by atoms with Gasteiger partial charge in [0, 0.05) is 25.7 Å². The Kier molecular flexibility index (Phi) is 6.19. The summed E-state index contributed by atoms with van der Waals surface area (Å²) >= 11 is 0. The van der Waals surface area contributed by atoms with Gasteiger partial charge in [0.15, 0.2) is 11.5 Å². The zero-order valence-electron chi connectivity index (χ0n) is 17.9. The number of hydrogen-bond acceptors (Lipinski definition) is 5. The Morgan fingerprint density at radius 3 is 2.43 bits per heavy atom. The highest BCUT2D eigenvalue weighted by Gasteiger charge is 2.20. The molecule has 3 aromatic rings. The molecule has 0 unspecified atom stereocenters. The van der Waals surface area contributed by atoms with Crippen molar-refractivity contribution in [2.75, 3.05) is 20.8 Å². The predicted molar refractivity (Wildman–Crippen MR) is 117 cm³/mol. The van der Waals surface area contributed by atoms with E-state index >= 15 is 0 Å². The molecule has 1 aromatic heterocycles. The number of fused-ring (bicyclic) bond motifs is 1. The maximum absolute atomic E-state index is 6.08. The van der Waals surface area contributed by atoms with Crippen LogP contribution in [0.15, 0.2) is 54.6 Å². The van der Waals surface area contributed by atoms with Crippen LogP contribution in [0.3, 0.4) is 0 Å². The van der Waals surface area contributed by atoms with Gasteiger partial charge in [-0.05, 0) is 53.8 Å². The molecule has 0 saturated carbocycles. The summed E-state index contributed by atoms with van der Waals surface area (Å²) in [6, 6.07) is 18.3. The number of nitrogens with zero attached hydrogens (tertiary/aromatic N) is 2. The summed E-state index contributed by atoms with van der Waals surface area (Å²) in [5.41, 5.74) is 4.79. The first kappa shape index (κ1) is 20.2. The van der Waals surface area contributed by atoms with E-state index in [1.165, 1.54) is 16.7 Å². The predicted octanol–water partition coefficient (Wildman–Crippen LogP) is 5.01. The fourth-order valence-electron chi connectivity index (χ4n) is 3.92. The van der Waals surface area contributed by atoms with Crippen molar-refractivity contribution < 1.29 is 14.2 Å². The smallest absolute Gasteiger partial charge is 0.219 e. The lowest BCUT2D eigenvalue weighted by atomic mass is 9.98. The van der Waals surface area contributed by atoms with E-state index in [2.05, 4.69) is 36.1 Å². The SMILES string of the molecule is CCc1ccccc1Oc1cccc(CN2CCc3cc(OC)c(OC)cc3C2)n1. The van der Waals surface area contributed by atoms with E-state index in [4.69, 9.17) is 19.2 Å². The molecule has 0 fully saturated rings. The third-order valence-electron chi connectivity index (χ3n) is 5.53. The van der Waals surface area contributed by atoms with Crippen LogP contribution in [0.5, 0.6) is 23.1 Å². The number of methoxy groups -OCH3 is 2. The van der Waals surface area contributed by atoms with Gasteiger partial charge in [-0.1, -0.05) is 31.2 Å². The van der Waals surface area contributed by atoms with Crippen LogP contribution in [0.2, 0.25) is 0 Å². The molecule has 1 aliphatic rings. The molecular weight excluding hydrogens is 376 g/mol. The number of hydrogen-bond donors (Lipinski definition) is 0. The van der Waals surface area contributed by atoms with Crippen molar-refractivity contribution in [1.29, 1.82) is 0 Å². The third-order valence-corrected chi connectivity index (χ3v) is 5.53. The Morgan fingerprint density at radius 2 is 1.67 bits per heavy atom. The van der Waals surface area contributed by atoms with Crippen LogP contribution < -0.4 is 14.2 Å². The number of para-hydroxylation sites is 1. The molecule has 0 N–H and O–H groups in total. The molecule has 1 aliphatic heterocycles. The summed E-state index contributed by atoms with van der Waals surface area (Å²) in [4.78, 5) is 7.15. The fraction of sp³-hybridized carbons (Fsp3) is 0.320. The van der Waals surface area contributed by atoms with Gasteiger partial charge in [-0.25, -0.2) is 4.98 Å². The van der Waals surface area contributed by atoms with Crippen LogP contribution in [0.25, 0.3) is 0 Å². The molecule has 5 nitrogen and oxygen atoms in total. The molecule has 0 spiro atoms. The van der Waals surface area contributed by atoms with Gasteiger partial charge in [-0.15, -0.1) is 0 Å². The normalized spacial score (nSPS) is 13.6. The Morgan fingerprint density at radius 1 is 0.900 bits per heavy atom. The molecule has 0 amide bonds. The second-order valence-corrected chi connectivity index (χ2v) is 7.47. The van der Waals surface area contributed by atoms with Crippen molar-refractivity contribution in [3.63, 3.8) is 0 Å². The second-order valence-electron chi connectivity index (χ2n) is 7.47. The van der Waals surface area contributed by atoms with Crippen LogP contribution in [0.4, 0.5) is 0 Å². The highest BCUT2D eigenvalue weighted by molar-refractivity contribution is 5.48. The van der Waals surface area contributed by atoms with E-state index in [1.54, 1.807) is 14.2 Å². The Hall–Kier alpha value is -3.05. The highest BCUT2D eigenvalue weighted by atomic mass is 16.5. The van der Waals surface area contributed by atoms with Crippen molar-refractivity contribution in [2.45, 2.75) is 32.9 Å². The lowest BCUT2D eigenvalue weighted by Crippen LogP contribution is -2.30. The molecule has 30 heavy (non-hydrogen) atoms. The van der Waals surface area contributed by atoms with E-state index < -0.39 is 0 Å². The van der Waals surface area contributed by atoms with Gasteiger partial charge in [-0.3, -0.25) is 4.90 Å². The number of aromatic nitrogens is 1. The lowest BCUT2D eigenvalue weighted by Gasteiger charge is -2.29. The van der Waals surface area contributed by atoms with Crippen LogP contribution in [-0.2, 0) is 25.9 Å². The first-order valence-electron chi connectivity index (χ1n) is 10.4. The molecule has 0 aliphatic carbocycles. The maximum atomic E-state index is 6.08. The number of ether oxygens (including phenoxy) is 3. The van der Waals surface area contributed by atoms with Crippen molar-refractivity contribution in [1.82, 2.24) is 9.88 Å². The van der Waals surface area contributed by atoms with Crippen LogP contribution in [0, 0.1) is 0 Å². The van der Waals surface area contributed by atoms with Crippen LogP contribution >= 0.6 is 0 Å². The third kappa shape index (κ3) is 4.41. The minimum absolute atomic E-state index is 0.636. The highest BCUT2D eigenvalue weighted by Crippen LogP contribution is 2.33. The Bertz CT molecular complexity index is 1020.